The van der Waals surface area contributed by atoms with Crippen molar-refractivity contribution in [3.63, 3.8) is 0 Å². The summed E-state index contributed by atoms with van der Waals surface area (Å²) in [6.45, 7) is 3.69. The molecule has 0 saturated carbocycles. The molecular formula is C24H32N2O3S2. The molecule has 7 heteroatoms. The van der Waals surface area contributed by atoms with Crippen LogP contribution in [0.3, 0.4) is 0 Å². The number of ether oxygens (including phenoxy) is 1. The summed E-state index contributed by atoms with van der Waals surface area (Å²) in [5.74, 6) is 1.05. The average molecular weight is 461 g/mol. The van der Waals surface area contributed by atoms with Crippen molar-refractivity contribution < 1.29 is 14.3 Å². The first-order chi connectivity index (χ1) is 15.0. The number of hydrogen-bond donors (Lipinski definition) is 0. The van der Waals surface area contributed by atoms with Crippen molar-refractivity contribution in [2.24, 2.45) is 0 Å². The number of carbonyl (C=O) groups excluding carboxylic acids is 2. The van der Waals surface area contributed by atoms with Crippen molar-refractivity contribution in [3.8, 4) is 5.75 Å². The first-order valence-electron chi connectivity index (χ1n) is 11.2. The average Bonchev–Trinajstić information content (AvgIpc) is 3.06. The summed E-state index contributed by atoms with van der Waals surface area (Å²) in [5.41, 5.74) is 0.947. The third kappa shape index (κ3) is 6.32. The lowest BCUT2D eigenvalue weighted by Gasteiger charge is -2.35. The molecule has 168 valence electrons. The fourth-order valence-electron chi connectivity index (χ4n) is 4.16. The van der Waals surface area contributed by atoms with Gasteiger partial charge in [0.25, 0.3) is 5.91 Å². The van der Waals surface area contributed by atoms with Gasteiger partial charge in [0.05, 0.1) is 12.0 Å². The Kier molecular flexibility index (Phi) is 8.96. The van der Waals surface area contributed by atoms with Crippen LogP contribution in [-0.2, 0) is 9.59 Å². The Morgan fingerprint density at radius 3 is 2.71 bits per heavy atom. The van der Waals surface area contributed by atoms with E-state index in [1.165, 1.54) is 18.2 Å². The van der Waals surface area contributed by atoms with Crippen molar-refractivity contribution >= 4 is 46.2 Å². The topological polar surface area (TPSA) is 49.9 Å². The van der Waals surface area contributed by atoms with E-state index in [2.05, 4.69) is 11.8 Å². The third-order valence-electron chi connectivity index (χ3n) is 5.98. The van der Waals surface area contributed by atoms with Gasteiger partial charge >= 0.3 is 0 Å². The van der Waals surface area contributed by atoms with Crippen molar-refractivity contribution in [2.75, 3.05) is 20.2 Å². The molecule has 0 N–H and O–H groups in total. The predicted molar refractivity (Wildman–Crippen MR) is 131 cm³/mol. The van der Waals surface area contributed by atoms with E-state index in [0.717, 1.165) is 56.4 Å². The van der Waals surface area contributed by atoms with Gasteiger partial charge in [0.15, 0.2) is 0 Å². The molecule has 2 aliphatic rings. The number of thioether (sulfide) groups is 1. The molecule has 2 fully saturated rings. The molecule has 0 bridgehead atoms. The number of hydrogen-bond acceptors (Lipinski definition) is 5. The lowest BCUT2D eigenvalue weighted by Crippen LogP contribution is -2.43. The van der Waals surface area contributed by atoms with Crippen LogP contribution in [0.1, 0.15) is 63.9 Å². The molecule has 0 radical (unpaired) electrons. The summed E-state index contributed by atoms with van der Waals surface area (Å²) in [6.07, 6.45) is 9.66. The number of unbranched alkanes of at least 4 members (excludes halogenated alkanes) is 2. The van der Waals surface area contributed by atoms with Crippen LogP contribution >= 0.6 is 24.0 Å². The second-order valence-electron chi connectivity index (χ2n) is 8.06. The maximum absolute atomic E-state index is 12.8. The normalized spacial score (nSPS) is 20.6. The minimum absolute atomic E-state index is 0.0269. The Hall–Kier alpha value is -1.86. The lowest BCUT2D eigenvalue weighted by molar-refractivity contribution is -0.135. The number of piperidine rings is 1. The first-order valence-corrected chi connectivity index (χ1v) is 12.4. The number of amides is 2. The van der Waals surface area contributed by atoms with Gasteiger partial charge in [0.2, 0.25) is 5.91 Å². The summed E-state index contributed by atoms with van der Waals surface area (Å²) in [4.78, 5) is 29.8. The van der Waals surface area contributed by atoms with Crippen LogP contribution in [0.4, 0.5) is 0 Å². The van der Waals surface area contributed by atoms with E-state index >= 15 is 0 Å². The third-order valence-corrected chi connectivity index (χ3v) is 7.36. The van der Waals surface area contributed by atoms with Crippen molar-refractivity contribution in [1.29, 1.82) is 0 Å². The molecule has 1 aromatic rings. The molecule has 2 amide bonds. The largest absolute Gasteiger partial charge is 0.497 e. The van der Waals surface area contributed by atoms with Gasteiger partial charge < -0.3 is 9.64 Å². The standard InChI is InChI=1S/C24H32N2O3S2/c1-3-19-9-6-8-15-25(19)22(27)10-5-4-7-16-26-23(28)21(31-24(26)30)17-18-11-13-20(29-2)14-12-18/h11-14,17,19H,3-10,15-16H2,1-2H3. The zero-order valence-electron chi connectivity index (χ0n) is 18.5. The van der Waals surface area contributed by atoms with E-state index in [1.807, 2.05) is 30.3 Å². The molecule has 0 spiro atoms. The highest BCUT2D eigenvalue weighted by Gasteiger charge is 2.31. The van der Waals surface area contributed by atoms with Gasteiger partial charge in [0.1, 0.15) is 10.1 Å². The van der Waals surface area contributed by atoms with Crippen LogP contribution in [0.5, 0.6) is 5.75 Å². The number of likely N-dealkylation sites (tertiary alicyclic amines) is 1. The Balaban J connectivity index is 1.43. The van der Waals surface area contributed by atoms with Crippen LogP contribution in [0.2, 0.25) is 0 Å². The van der Waals surface area contributed by atoms with E-state index < -0.39 is 0 Å². The number of thiocarbonyl (C=S) groups is 1. The molecule has 2 aliphatic heterocycles. The molecule has 1 unspecified atom stereocenters. The minimum Gasteiger partial charge on any atom is -0.497 e. The molecule has 1 aromatic carbocycles. The molecule has 0 aliphatic carbocycles. The quantitative estimate of drug-likeness (QED) is 0.286. The summed E-state index contributed by atoms with van der Waals surface area (Å²) >= 11 is 6.78. The maximum atomic E-state index is 12.8. The fourth-order valence-corrected chi connectivity index (χ4v) is 5.47. The highest BCUT2D eigenvalue weighted by atomic mass is 32.2. The smallest absolute Gasteiger partial charge is 0.266 e. The first kappa shape index (κ1) is 23.8. The van der Waals surface area contributed by atoms with E-state index in [1.54, 1.807) is 12.0 Å². The van der Waals surface area contributed by atoms with E-state index in [4.69, 9.17) is 17.0 Å². The lowest BCUT2D eigenvalue weighted by atomic mass is 9.99. The molecule has 31 heavy (non-hydrogen) atoms. The second kappa shape index (κ2) is 11.7. The van der Waals surface area contributed by atoms with Gasteiger partial charge in [0, 0.05) is 25.6 Å². The molecule has 1 atom stereocenters. The highest BCUT2D eigenvalue weighted by Crippen LogP contribution is 2.33. The minimum atomic E-state index is -0.0269. The van der Waals surface area contributed by atoms with Gasteiger partial charge in [-0.25, -0.2) is 0 Å². The Morgan fingerprint density at radius 1 is 1.23 bits per heavy atom. The summed E-state index contributed by atoms with van der Waals surface area (Å²) in [6, 6.07) is 8.02. The van der Waals surface area contributed by atoms with Crippen molar-refractivity contribution in [3.05, 3.63) is 34.7 Å². The van der Waals surface area contributed by atoms with Crippen LogP contribution in [-0.4, -0.2) is 52.2 Å². The Morgan fingerprint density at radius 2 is 2.00 bits per heavy atom. The molecule has 2 heterocycles. The number of nitrogens with zero attached hydrogens (tertiary/aromatic N) is 2. The Labute approximate surface area is 195 Å². The molecule has 5 nitrogen and oxygen atoms in total. The van der Waals surface area contributed by atoms with Crippen LogP contribution in [0.15, 0.2) is 29.2 Å². The van der Waals surface area contributed by atoms with Gasteiger partial charge in [-0.2, -0.15) is 0 Å². The van der Waals surface area contributed by atoms with Crippen molar-refractivity contribution in [1.82, 2.24) is 9.80 Å². The van der Waals surface area contributed by atoms with Crippen LogP contribution in [0, 0.1) is 0 Å². The van der Waals surface area contributed by atoms with Gasteiger partial charge in [-0.1, -0.05) is 49.5 Å². The monoisotopic (exact) mass is 460 g/mol. The highest BCUT2D eigenvalue weighted by molar-refractivity contribution is 8.26. The van der Waals surface area contributed by atoms with Crippen molar-refractivity contribution in [2.45, 2.75) is 64.3 Å². The zero-order valence-corrected chi connectivity index (χ0v) is 20.1. The maximum Gasteiger partial charge on any atom is 0.266 e. The number of carbonyl (C=O) groups is 2. The Bertz CT molecular complexity index is 823. The summed E-state index contributed by atoms with van der Waals surface area (Å²) in [7, 11) is 1.63. The van der Waals surface area contributed by atoms with Crippen LogP contribution < -0.4 is 4.74 Å². The molecular weight excluding hydrogens is 428 g/mol. The van der Waals surface area contributed by atoms with Gasteiger partial charge in [-0.05, 0) is 62.3 Å². The molecule has 0 aromatic heterocycles. The second-order valence-corrected chi connectivity index (χ2v) is 9.74. The van der Waals surface area contributed by atoms with E-state index in [9.17, 15) is 9.59 Å². The summed E-state index contributed by atoms with van der Waals surface area (Å²) in [5, 5.41) is 0. The van der Waals surface area contributed by atoms with E-state index in [-0.39, 0.29) is 5.91 Å². The zero-order chi connectivity index (χ0) is 22.2. The molecule has 3 rings (SSSR count). The van der Waals surface area contributed by atoms with Crippen LogP contribution in [0.25, 0.3) is 6.08 Å². The number of methoxy groups -OCH3 is 1. The molecule has 2 saturated heterocycles. The number of rotatable bonds is 9. The van der Waals surface area contributed by atoms with Gasteiger partial charge in [-0.3, -0.25) is 14.5 Å². The van der Waals surface area contributed by atoms with E-state index in [0.29, 0.717) is 34.1 Å². The summed E-state index contributed by atoms with van der Waals surface area (Å²) < 4.78 is 5.78. The fraction of sp³-hybridized carbons (Fsp3) is 0.542. The SMILES string of the molecule is CCC1CCCCN1C(=O)CCCCCN1C(=O)C(=Cc2ccc(OC)cc2)SC1=S. The number of benzene rings is 1. The predicted octanol–water partition coefficient (Wildman–Crippen LogP) is 5.25. The van der Waals surface area contributed by atoms with Gasteiger partial charge in [-0.15, -0.1) is 0 Å².